The Morgan fingerprint density at radius 3 is 2.29 bits per heavy atom. The molecule has 4 aromatic carbocycles. The van der Waals surface area contributed by atoms with Crippen molar-refractivity contribution in [2.24, 2.45) is 0 Å². The second-order valence-corrected chi connectivity index (χ2v) is 7.65. The summed E-state index contributed by atoms with van der Waals surface area (Å²) in [4.78, 5) is 11.2. The molecule has 0 aliphatic rings. The average Bonchev–Trinajstić information content (AvgIpc) is 2.78. The number of ether oxygens (including phenoxy) is 1. The maximum absolute atomic E-state index is 11.2. The van der Waals surface area contributed by atoms with Crippen molar-refractivity contribution in [1.82, 2.24) is 0 Å². The van der Waals surface area contributed by atoms with Gasteiger partial charge in [-0.3, -0.25) is 4.79 Å². The Labute approximate surface area is 182 Å². The highest BCUT2D eigenvalue weighted by molar-refractivity contribution is 5.89. The van der Waals surface area contributed by atoms with E-state index in [2.05, 4.69) is 66.1 Å². The summed E-state index contributed by atoms with van der Waals surface area (Å²) in [7, 11) is 0. The van der Waals surface area contributed by atoms with Gasteiger partial charge in [-0.05, 0) is 53.6 Å². The highest BCUT2D eigenvalue weighted by Crippen LogP contribution is 2.30. The molecule has 1 amide bonds. The highest BCUT2D eigenvalue weighted by atomic mass is 16.5. The Kier molecular flexibility index (Phi) is 6.18. The summed E-state index contributed by atoms with van der Waals surface area (Å²) in [6, 6.07) is 28.6. The van der Waals surface area contributed by atoms with E-state index < -0.39 is 0 Å². The molecule has 0 atom stereocenters. The molecule has 0 bridgehead atoms. The molecular formula is C27H26N2O2. The summed E-state index contributed by atoms with van der Waals surface area (Å²) in [6.45, 7) is 4.74. The van der Waals surface area contributed by atoms with Gasteiger partial charge >= 0.3 is 0 Å². The Bertz CT molecular complexity index is 1180. The first-order chi connectivity index (χ1) is 15.1. The number of hydrogen-bond acceptors (Lipinski definition) is 3. The number of carbonyl (C=O) groups excluding carboxylic acids is 1. The molecule has 0 saturated heterocycles. The van der Waals surface area contributed by atoms with Crippen molar-refractivity contribution < 1.29 is 9.53 Å². The maximum Gasteiger partial charge on any atom is 0.221 e. The zero-order chi connectivity index (χ0) is 21.6. The molecule has 0 aliphatic heterocycles. The van der Waals surface area contributed by atoms with E-state index in [0.717, 1.165) is 28.3 Å². The summed E-state index contributed by atoms with van der Waals surface area (Å²) in [5, 5.41) is 8.63. The van der Waals surface area contributed by atoms with E-state index in [4.69, 9.17) is 4.74 Å². The number of hydrogen-bond donors (Lipinski definition) is 2. The SMILES string of the molecule is CC(=O)Nc1ccc(NCc2c(OCc3ccc(C)cc3)ccc3ccccc23)cc1. The minimum atomic E-state index is -0.0770. The Hall–Kier alpha value is -3.79. The van der Waals surface area contributed by atoms with Crippen molar-refractivity contribution in [3.05, 3.63) is 102 Å². The second kappa shape index (κ2) is 9.35. The van der Waals surface area contributed by atoms with Gasteiger partial charge < -0.3 is 15.4 Å². The number of fused-ring (bicyclic) bond motifs is 1. The zero-order valence-electron chi connectivity index (χ0n) is 17.8. The smallest absolute Gasteiger partial charge is 0.221 e. The third kappa shape index (κ3) is 5.23. The van der Waals surface area contributed by atoms with E-state index >= 15 is 0 Å². The molecular weight excluding hydrogens is 384 g/mol. The van der Waals surface area contributed by atoms with Gasteiger partial charge in [-0.2, -0.15) is 0 Å². The normalized spacial score (nSPS) is 10.6. The zero-order valence-corrected chi connectivity index (χ0v) is 17.8. The standard InChI is InChI=1S/C27H26N2O2/c1-19-7-9-21(10-8-19)18-31-27-16-11-22-5-3-4-6-25(22)26(27)17-28-23-12-14-24(15-13-23)29-20(2)30/h3-16,28H,17-18H2,1-2H3,(H,29,30). The summed E-state index contributed by atoms with van der Waals surface area (Å²) >= 11 is 0. The molecule has 0 aliphatic carbocycles. The number of nitrogens with one attached hydrogen (secondary N) is 2. The minimum absolute atomic E-state index is 0.0770. The summed E-state index contributed by atoms with van der Waals surface area (Å²) < 4.78 is 6.23. The van der Waals surface area contributed by atoms with Crippen LogP contribution in [-0.2, 0) is 17.9 Å². The predicted molar refractivity (Wildman–Crippen MR) is 128 cm³/mol. The lowest BCUT2D eigenvalue weighted by Gasteiger charge is -2.16. The van der Waals surface area contributed by atoms with E-state index in [-0.39, 0.29) is 5.91 Å². The van der Waals surface area contributed by atoms with Crippen LogP contribution in [0.25, 0.3) is 10.8 Å². The van der Waals surface area contributed by atoms with E-state index in [0.29, 0.717) is 13.2 Å². The number of carbonyl (C=O) groups is 1. The summed E-state index contributed by atoms with van der Waals surface area (Å²) in [5.41, 5.74) is 5.27. The molecule has 31 heavy (non-hydrogen) atoms. The molecule has 0 spiro atoms. The third-order valence-corrected chi connectivity index (χ3v) is 5.19. The Morgan fingerprint density at radius 1 is 0.839 bits per heavy atom. The van der Waals surface area contributed by atoms with Crippen molar-refractivity contribution in [1.29, 1.82) is 0 Å². The predicted octanol–water partition coefficient (Wildman–Crippen LogP) is 6.30. The van der Waals surface area contributed by atoms with Crippen LogP contribution >= 0.6 is 0 Å². The fraction of sp³-hybridized carbons (Fsp3) is 0.148. The molecule has 4 rings (SSSR count). The van der Waals surface area contributed by atoms with Crippen molar-refractivity contribution in [2.75, 3.05) is 10.6 Å². The van der Waals surface area contributed by atoms with Gasteiger partial charge in [0, 0.05) is 30.4 Å². The van der Waals surface area contributed by atoms with Crippen LogP contribution in [0.5, 0.6) is 5.75 Å². The first-order valence-electron chi connectivity index (χ1n) is 10.4. The fourth-order valence-corrected chi connectivity index (χ4v) is 3.54. The number of rotatable bonds is 7. The van der Waals surface area contributed by atoms with Gasteiger partial charge in [0.05, 0.1) is 0 Å². The van der Waals surface area contributed by atoms with Crippen molar-refractivity contribution in [3.8, 4) is 5.75 Å². The molecule has 4 nitrogen and oxygen atoms in total. The van der Waals surface area contributed by atoms with Crippen molar-refractivity contribution >= 4 is 28.1 Å². The summed E-state index contributed by atoms with van der Waals surface area (Å²) in [5.74, 6) is 0.800. The van der Waals surface area contributed by atoms with E-state index in [1.807, 2.05) is 36.4 Å². The lowest BCUT2D eigenvalue weighted by molar-refractivity contribution is -0.114. The lowest BCUT2D eigenvalue weighted by atomic mass is 10.0. The molecule has 156 valence electrons. The van der Waals surface area contributed by atoms with Gasteiger partial charge in [-0.15, -0.1) is 0 Å². The first-order valence-corrected chi connectivity index (χ1v) is 10.4. The number of aryl methyl sites for hydroxylation is 1. The van der Waals surface area contributed by atoms with Gasteiger partial charge in [-0.1, -0.05) is 60.2 Å². The van der Waals surface area contributed by atoms with Crippen LogP contribution in [0.15, 0.2) is 84.9 Å². The maximum atomic E-state index is 11.2. The highest BCUT2D eigenvalue weighted by Gasteiger charge is 2.10. The van der Waals surface area contributed by atoms with Crippen molar-refractivity contribution in [2.45, 2.75) is 27.0 Å². The minimum Gasteiger partial charge on any atom is -0.489 e. The Balaban J connectivity index is 1.55. The molecule has 0 aromatic heterocycles. The first kappa shape index (κ1) is 20.5. The van der Waals surface area contributed by atoms with Crippen LogP contribution < -0.4 is 15.4 Å². The number of benzene rings is 4. The molecule has 2 N–H and O–H groups in total. The van der Waals surface area contributed by atoms with Gasteiger partial charge in [0.15, 0.2) is 0 Å². The molecule has 0 heterocycles. The monoisotopic (exact) mass is 410 g/mol. The van der Waals surface area contributed by atoms with Gasteiger partial charge in [0.2, 0.25) is 5.91 Å². The molecule has 0 radical (unpaired) electrons. The summed E-state index contributed by atoms with van der Waals surface area (Å²) in [6.07, 6.45) is 0. The van der Waals surface area contributed by atoms with Gasteiger partial charge in [0.1, 0.15) is 12.4 Å². The molecule has 0 saturated carbocycles. The molecule has 4 aromatic rings. The average molecular weight is 411 g/mol. The van der Waals surface area contributed by atoms with Gasteiger partial charge in [0.25, 0.3) is 0 Å². The van der Waals surface area contributed by atoms with Crippen LogP contribution in [0, 0.1) is 6.92 Å². The molecule has 0 unspecified atom stereocenters. The Morgan fingerprint density at radius 2 is 1.55 bits per heavy atom. The van der Waals surface area contributed by atoms with Crippen LogP contribution in [0.4, 0.5) is 11.4 Å². The van der Waals surface area contributed by atoms with Crippen LogP contribution in [0.3, 0.4) is 0 Å². The quantitative estimate of drug-likeness (QED) is 0.376. The van der Waals surface area contributed by atoms with E-state index in [1.165, 1.54) is 23.3 Å². The molecule has 4 heteroatoms. The largest absolute Gasteiger partial charge is 0.489 e. The molecule has 0 fully saturated rings. The number of amides is 1. The van der Waals surface area contributed by atoms with Crippen LogP contribution in [-0.4, -0.2) is 5.91 Å². The topological polar surface area (TPSA) is 50.4 Å². The van der Waals surface area contributed by atoms with E-state index in [9.17, 15) is 4.79 Å². The van der Waals surface area contributed by atoms with Crippen LogP contribution in [0.2, 0.25) is 0 Å². The number of anilines is 2. The second-order valence-electron chi connectivity index (χ2n) is 7.65. The van der Waals surface area contributed by atoms with Crippen molar-refractivity contribution in [3.63, 3.8) is 0 Å². The fourth-order valence-electron chi connectivity index (χ4n) is 3.54. The lowest BCUT2D eigenvalue weighted by Crippen LogP contribution is -2.06. The third-order valence-electron chi connectivity index (χ3n) is 5.19. The van der Waals surface area contributed by atoms with E-state index in [1.54, 1.807) is 0 Å². The van der Waals surface area contributed by atoms with Crippen LogP contribution in [0.1, 0.15) is 23.6 Å². The van der Waals surface area contributed by atoms with Gasteiger partial charge in [-0.25, -0.2) is 0 Å².